The molecule has 3 aromatic carbocycles. The van der Waals surface area contributed by atoms with Crippen molar-refractivity contribution in [1.82, 2.24) is 0 Å². The molecule has 162 valence electrons. The molecule has 0 saturated heterocycles. The van der Waals surface area contributed by atoms with E-state index in [1.807, 2.05) is 44.2 Å². The van der Waals surface area contributed by atoms with Crippen molar-refractivity contribution in [2.24, 2.45) is 0 Å². The molecule has 0 spiro atoms. The Balaban J connectivity index is 1.76. The van der Waals surface area contributed by atoms with E-state index >= 15 is 0 Å². The normalized spacial score (nSPS) is 11.6. The molecule has 0 aliphatic heterocycles. The van der Waals surface area contributed by atoms with Crippen LogP contribution in [0.4, 0.5) is 10.1 Å². The molecular formula is C26H21BrFNO3. The number of carbonyl (C=O) groups is 1. The Labute approximate surface area is 193 Å². The van der Waals surface area contributed by atoms with Crippen LogP contribution in [-0.2, 0) is 4.79 Å². The third-order valence-corrected chi connectivity index (χ3v) is 5.76. The summed E-state index contributed by atoms with van der Waals surface area (Å²) in [6, 6.07) is 15.6. The molecule has 0 atom stereocenters. The minimum absolute atomic E-state index is 0.244. The van der Waals surface area contributed by atoms with Crippen LogP contribution in [0.1, 0.15) is 18.1 Å². The highest BCUT2D eigenvalue weighted by atomic mass is 79.9. The number of amides is 1. The maximum atomic E-state index is 13.4. The zero-order valence-corrected chi connectivity index (χ0v) is 19.4. The van der Waals surface area contributed by atoms with E-state index in [9.17, 15) is 9.18 Å². The number of allylic oxidation sites excluding steroid dienone is 1. The lowest BCUT2D eigenvalue weighted by Gasteiger charge is -2.13. The molecule has 1 N–H and O–H groups in total. The van der Waals surface area contributed by atoms with Gasteiger partial charge >= 0.3 is 0 Å². The third kappa shape index (κ3) is 4.32. The fourth-order valence-corrected chi connectivity index (χ4v) is 4.14. The Morgan fingerprint density at radius 1 is 1.16 bits per heavy atom. The number of methoxy groups -OCH3 is 1. The first-order valence-corrected chi connectivity index (χ1v) is 10.8. The second kappa shape index (κ2) is 9.01. The molecule has 4 aromatic rings. The van der Waals surface area contributed by atoms with E-state index in [-0.39, 0.29) is 11.7 Å². The molecule has 32 heavy (non-hydrogen) atoms. The minimum atomic E-state index is -0.296. The molecule has 0 radical (unpaired) electrons. The summed E-state index contributed by atoms with van der Waals surface area (Å²) in [7, 11) is 1.59. The lowest BCUT2D eigenvalue weighted by molar-refractivity contribution is -0.111. The number of nitrogens with one attached hydrogen (secondary N) is 1. The van der Waals surface area contributed by atoms with Crippen molar-refractivity contribution < 1.29 is 18.3 Å². The molecule has 0 fully saturated rings. The predicted octanol–water partition coefficient (Wildman–Crippen LogP) is 7.36. The fourth-order valence-electron chi connectivity index (χ4n) is 3.74. The van der Waals surface area contributed by atoms with E-state index in [4.69, 9.17) is 9.15 Å². The second-order valence-electron chi connectivity index (χ2n) is 7.44. The summed E-state index contributed by atoms with van der Waals surface area (Å²) >= 11 is 3.40. The van der Waals surface area contributed by atoms with Gasteiger partial charge in [-0.1, -0.05) is 34.1 Å². The van der Waals surface area contributed by atoms with Gasteiger partial charge < -0.3 is 14.5 Å². The molecule has 0 saturated carbocycles. The van der Waals surface area contributed by atoms with E-state index in [2.05, 4.69) is 21.2 Å². The van der Waals surface area contributed by atoms with Crippen LogP contribution < -0.4 is 10.1 Å². The van der Waals surface area contributed by atoms with E-state index in [1.54, 1.807) is 31.6 Å². The van der Waals surface area contributed by atoms with Crippen molar-refractivity contribution in [3.05, 3.63) is 88.4 Å². The number of fused-ring (bicyclic) bond motifs is 1. The van der Waals surface area contributed by atoms with E-state index < -0.39 is 0 Å². The van der Waals surface area contributed by atoms with Crippen LogP contribution in [0.15, 0.2) is 75.8 Å². The van der Waals surface area contributed by atoms with Crippen LogP contribution in [0.25, 0.3) is 27.7 Å². The molecule has 0 aliphatic rings. The average molecular weight is 494 g/mol. The summed E-state index contributed by atoms with van der Waals surface area (Å²) < 4.78 is 25.8. The highest BCUT2D eigenvalue weighted by Crippen LogP contribution is 2.40. The number of rotatable bonds is 5. The predicted molar refractivity (Wildman–Crippen MR) is 129 cm³/mol. The molecule has 1 amide bonds. The molecule has 1 heterocycles. The van der Waals surface area contributed by atoms with Crippen LogP contribution in [0, 0.1) is 12.7 Å². The van der Waals surface area contributed by atoms with Gasteiger partial charge in [0.25, 0.3) is 0 Å². The van der Waals surface area contributed by atoms with Gasteiger partial charge in [-0.15, -0.1) is 0 Å². The number of ether oxygens (including phenoxy) is 1. The monoisotopic (exact) mass is 493 g/mol. The van der Waals surface area contributed by atoms with Crippen LogP contribution in [0.3, 0.4) is 0 Å². The maximum absolute atomic E-state index is 13.4. The smallest absolute Gasteiger partial charge is 0.248 e. The lowest BCUT2D eigenvalue weighted by atomic mass is 9.96. The van der Waals surface area contributed by atoms with Gasteiger partial charge in [0.05, 0.1) is 13.4 Å². The molecular weight excluding hydrogens is 473 g/mol. The summed E-state index contributed by atoms with van der Waals surface area (Å²) in [6.45, 7) is 3.78. The maximum Gasteiger partial charge on any atom is 0.248 e. The summed E-state index contributed by atoms with van der Waals surface area (Å²) in [6.07, 6.45) is 3.20. The number of halogens is 2. The third-order valence-electron chi connectivity index (χ3n) is 5.27. The van der Waals surface area contributed by atoms with Gasteiger partial charge in [-0.05, 0) is 61.4 Å². The first-order chi connectivity index (χ1) is 15.4. The second-order valence-corrected chi connectivity index (χ2v) is 8.36. The molecule has 0 unspecified atom stereocenters. The van der Waals surface area contributed by atoms with E-state index in [0.717, 1.165) is 37.7 Å². The summed E-state index contributed by atoms with van der Waals surface area (Å²) in [4.78, 5) is 12.6. The summed E-state index contributed by atoms with van der Waals surface area (Å²) in [5.74, 6) is 0.100. The summed E-state index contributed by atoms with van der Waals surface area (Å²) in [5, 5.41) is 3.74. The highest BCUT2D eigenvalue weighted by Gasteiger charge is 2.19. The molecule has 1 aromatic heterocycles. The first-order valence-electron chi connectivity index (χ1n) is 9.97. The molecule has 4 rings (SSSR count). The number of furan rings is 1. The van der Waals surface area contributed by atoms with Crippen LogP contribution in [0.2, 0.25) is 0 Å². The van der Waals surface area contributed by atoms with Gasteiger partial charge in [0.15, 0.2) is 0 Å². The molecule has 0 aliphatic carbocycles. The lowest BCUT2D eigenvalue weighted by Crippen LogP contribution is -2.08. The molecule has 4 nitrogen and oxygen atoms in total. The van der Waals surface area contributed by atoms with Crippen LogP contribution in [-0.4, -0.2) is 13.0 Å². The summed E-state index contributed by atoms with van der Waals surface area (Å²) in [5.41, 5.74) is 5.43. The van der Waals surface area contributed by atoms with Gasteiger partial charge in [0, 0.05) is 38.3 Å². The average Bonchev–Trinajstić information content (AvgIpc) is 3.18. The van der Waals surface area contributed by atoms with Gasteiger partial charge in [-0.3, -0.25) is 4.79 Å². The zero-order valence-electron chi connectivity index (χ0n) is 17.8. The number of aryl methyl sites for hydroxylation is 1. The van der Waals surface area contributed by atoms with Crippen molar-refractivity contribution >= 4 is 44.1 Å². The zero-order chi connectivity index (χ0) is 22.8. The largest absolute Gasteiger partial charge is 0.496 e. The number of hydrogen-bond acceptors (Lipinski definition) is 3. The van der Waals surface area contributed by atoms with Crippen molar-refractivity contribution in [2.75, 3.05) is 12.4 Å². The molecule has 6 heteroatoms. The highest BCUT2D eigenvalue weighted by molar-refractivity contribution is 9.10. The van der Waals surface area contributed by atoms with Gasteiger partial charge in [-0.2, -0.15) is 0 Å². The Bertz CT molecular complexity index is 1340. The Kier molecular flexibility index (Phi) is 6.15. The number of anilines is 1. The quantitative estimate of drug-likeness (QED) is 0.295. The van der Waals surface area contributed by atoms with Crippen molar-refractivity contribution in [3.8, 4) is 16.9 Å². The van der Waals surface area contributed by atoms with Crippen molar-refractivity contribution in [3.63, 3.8) is 0 Å². The van der Waals surface area contributed by atoms with Gasteiger partial charge in [-0.25, -0.2) is 4.39 Å². The topological polar surface area (TPSA) is 51.5 Å². The fraction of sp³-hybridized carbons (Fsp3) is 0.115. The van der Waals surface area contributed by atoms with E-state index in [0.29, 0.717) is 17.0 Å². The number of carbonyl (C=O) groups excluding carboxylic acids is 1. The van der Waals surface area contributed by atoms with Crippen molar-refractivity contribution in [1.29, 1.82) is 0 Å². The Morgan fingerprint density at radius 3 is 2.59 bits per heavy atom. The molecule has 0 bridgehead atoms. The Morgan fingerprint density at radius 2 is 1.91 bits per heavy atom. The van der Waals surface area contributed by atoms with Gasteiger partial charge in [0.2, 0.25) is 5.91 Å². The van der Waals surface area contributed by atoms with Crippen LogP contribution in [0.5, 0.6) is 5.75 Å². The minimum Gasteiger partial charge on any atom is -0.496 e. The van der Waals surface area contributed by atoms with E-state index in [1.165, 1.54) is 12.1 Å². The SMILES string of the molecule is COc1c(/C(C)=C/C(=O)Nc2cccc(Br)c2)cc2c(-c3ccc(F)cc3)coc2c1C. The van der Waals surface area contributed by atoms with Gasteiger partial charge in [0.1, 0.15) is 17.1 Å². The number of benzene rings is 3. The standard InChI is InChI=1S/C26H21BrFNO3/c1-15(11-24(30)29-20-6-4-5-18(27)12-20)21-13-22-23(17-7-9-19(28)10-8-17)14-32-26(22)16(2)25(21)31-3/h4-14H,1-3H3,(H,29,30)/b15-11+. The van der Waals surface area contributed by atoms with Crippen LogP contribution >= 0.6 is 15.9 Å². The number of hydrogen-bond donors (Lipinski definition) is 1. The first kappa shape index (κ1) is 21.8. The van der Waals surface area contributed by atoms with Crippen molar-refractivity contribution in [2.45, 2.75) is 13.8 Å². The Hall–Kier alpha value is -3.38.